The summed E-state index contributed by atoms with van der Waals surface area (Å²) in [5, 5.41) is 5.37. The van der Waals surface area contributed by atoms with Crippen LogP contribution < -0.4 is 0 Å². The van der Waals surface area contributed by atoms with E-state index in [4.69, 9.17) is 11.6 Å². The van der Waals surface area contributed by atoms with Crippen LogP contribution in [0.5, 0.6) is 0 Å². The molecule has 4 heteroatoms. The number of hydrogen-bond acceptors (Lipinski definition) is 2. The minimum absolute atomic E-state index is 0.740. The van der Waals surface area contributed by atoms with Crippen molar-refractivity contribution in [2.45, 2.75) is 39.5 Å². The van der Waals surface area contributed by atoms with E-state index in [0.29, 0.717) is 0 Å². The van der Waals surface area contributed by atoms with E-state index >= 15 is 0 Å². The Bertz CT molecular complexity index is 601. The lowest BCUT2D eigenvalue weighted by Gasteiger charge is -2.08. The largest absolute Gasteiger partial charge is 0.237 e. The van der Waals surface area contributed by atoms with Gasteiger partial charge in [0.1, 0.15) is 5.15 Å². The summed E-state index contributed by atoms with van der Waals surface area (Å²) in [6.07, 6.45) is 6.35. The van der Waals surface area contributed by atoms with Gasteiger partial charge in [0, 0.05) is 11.8 Å². The highest BCUT2D eigenvalue weighted by molar-refractivity contribution is 6.30. The normalized spacial score (nSPS) is 14.6. The average Bonchev–Trinajstić information content (AvgIpc) is 2.68. The van der Waals surface area contributed by atoms with Crippen LogP contribution in [0.3, 0.4) is 0 Å². The summed E-state index contributed by atoms with van der Waals surface area (Å²) in [7, 11) is 0. The van der Waals surface area contributed by atoms with Crippen molar-refractivity contribution in [3.8, 4) is 5.82 Å². The number of hydrogen-bond donors (Lipinski definition) is 0. The zero-order valence-electron chi connectivity index (χ0n) is 10.7. The van der Waals surface area contributed by atoms with Gasteiger partial charge in [0.25, 0.3) is 0 Å². The maximum absolute atomic E-state index is 6.45. The van der Waals surface area contributed by atoms with Crippen molar-refractivity contribution in [3.05, 3.63) is 39.8 Å². The van der Waals surface area contributed by atoms with Crippen LogP contribution in [-0.2, 0) is 12.8 Å². The van der Waals surface area contributed by atoms with Crippen molar-refractivity contribution < 1.29 is 0 Å². The molecular formula is C14H16ClN3. The Morgan fingerprint density at radius 2 is 2.00 bits per heavy atom. The van der Waals surface area contributed by atoms with Crippen molar-refractivity contribution in [2.24, 2.45) is 0 Å². The molecule has 2 heterocycles. The molecule has 0 bridgehead atoms. The monoisotopic (exact) mass is 261 g/mol. The van der Waals surface area contributed by atoms with Crippen molar-refractivity contribution in [1.82, 2.24) is 14.8 Å². The zero-order chi connectivity index (χ0) is 12.7. The topological polar surface area (TPSA) is 30.7 Å². The molecule has 0 aromatic carbocycles. The second-order valence-electron chi connectivity index (χ2n) is 4.99. The van der Waals surface area contributed by atoms with E-state index < -0.39 is 0 Å². The van der Waals surface area contributed by atoms with E-state index in [1.165, 1.54) is 18.4 Å². The average molecular weight is 262 g/mol. The van der Waals surface area contributed by atoms with Gasteiger partial charge in [-0.25, -0.2) is 9.67 Å². The molecule has 0 fully saturated rings. The van der Waals surface area contributed by atoms with Crippen LogP contribution in [0.25, 0.3) is 5.82 Å². The molecule has 0 saturated heterocycles. The second kappa shape index (κ2) is 4.39. The van der Waals surface area contributed by atoms with Crippen LogP contribution in [0, 0.1) is 13.8 Å². The van der Waals surface area contributed by atoms with Crippen LogP contribution in [0.4, 0.5) is 0 Å². The minimum Gasteiger partial charge on any atom is -0.237 e. The van der Waals surface area contributed by atoms with E-state index in [2.05, 4.69) is 16.1 Å². The Morgan fingerprint density at radius 3 is 2.72 bits per heavy atom. The van der Waals surface area contributed by atoms with Crippen LogP contribution in [0.1, 0.15) is 35.2 Å². The number of aromatic nitrogens is 3. The third-order valence-corrected chi connectivity index (χ3v) is 3.87. The summed E-state index contributed by atoms with van der Waals surface area (Å²) in [6, 6.07) is 2.11. The number of halogens is 1. The first kappa shape index (κ1) is 11.7. The van der Waals surface area contributed by atoms with Crippen molar-refractivity contribution >= 4 is 11.6 Å². The fourth-order valence-corrected chi connectivity index (χ4v) is 2.91. The fourth-order valence-electron chi connectivity index (χ4n) is 2.58. The molecule has 0 unspecified atom stereocenters. The number of nitrogens with zero attached hydrogens (tertiary/aromatic N) is 3. The highest BCUT2D eigenvalue weighted by atomic mass is 35.5. The highest BCUT2D eigenvalue weighted by Gasteiger charge is 2.21. The molecule has 2 aromatic heterocycles. The summed E-state index contributed by atoms with van der Waals surface area (Å²) in [6.45, 7) is 4.09. The first-order valence-corrected chi connectivity index (χ1v) is 6.74. The molecule has 2 aromatic rings. The number of rotatable bonds is 1. The molecule has 3 rings (SSSR count). The predicted molar refractivity (Wildman–Crippen MR) is 72.5 cm³/mol. The molecule has 1 aliphatic rings. The van der Waals surface area contributed by atoms with Gasteiger partial charge in [-0.15, -0.1) is 0 Å². The van der Waals surface area contributed by atoms with Crippen molar-refractivity contribution in [3.63, 3.8) is 0 Å². The predicted octanol–water partition coefficient (Wildman–Crippen LogP) is 3.42. The lowest BCUT2D eigenvalue weighted by atomic mass is 9.99. The van der Waals surface area contributed by atoms with Crippen LogP contribution >= 0.6 is 11.6 Å². The SMILES string of the molecule is Cc1cnc(-n2nc3c(c2Cl)CCCC3)c(C)c1. The molecule has 0 atom stereocenters. The minimum atomic E-state index is 0.740. The third-order valence-electron chi connectivity index (χ3n) is 3.48. The second-order valence-corrected chi connectivity index (χ2v) is 5.35. The van der Waals surface area contributed by atoms with Gasteiger partial charge >= 0.3 is 0 Å². The van der Waals surface area contributed by atoms with E-state index in [-0.39, 0.29) is 0 Å². The van der Waals surface area contributed by atoms with Crippen molar-refractivity contribution in [2.75, 3.05) is 0 Å². The summed E-state index contributed by atoms with van der Waals surface area (Å²) in [5.74, 6) is 0.847. The van der Waals surface area contributed by atoms with E-state index in [9.17, 15) is 0 Å². The molecule has 18 heavy (non-hydrogen) atoms. The van der Waals surface area contributed by atoms with Gasteiger partial charge in [0.2, 0.25) is 0 Å². The molecule has 0 spiro atoms. The first-order valence-electron chi connectivity index (χ1n) is 6.36. The van der Waals surface area contributed by atoms with Gasteiger partial charge in [-0.3, -0.25) is 0 Å². The third kappa shape index (κ3) is 1.83. The van der Waals surface area contributed by atoms with Crippen molar-refractivity contribution in [1.29, 1.82) is 0 Å². The number of aryl methyl sites for hydroxylation is 3. The summed E-state index contributed by atoms with van der Waals surface area (Å²) in [5.41, 5.74) is 4.62. The summed E-state index contributed by atoms with van der Waals surface area (Å²) < 4.78 is 1.80. The van der Waals surface area contributed by atoms with Crippen LogP contribution in [0.2, 0.25) is 5.15 Å². The highest BCUT2D eigenvalue weighted by Crippen LogP contribution is 2.29. The molecule has 1 aliphatic carbocycles. The quantitative estimate of drug-likeness (QED) is 0.788. The van der Waals surface area contributed by atoms with Gasteiger partial charge in [-0.1, -0.05) is 17.7 Å². The van der Waals surface area contributed by atoms with E-state index in [1.54, 1.807) is 4.68 Å². The molecular weight excluding hydrogens is 246 g/mol. The number of fused-ring (bicyclic) bond motifs is 1. The van der Waals surface area contributed by atoms with E-state index in [1.807, 2.05) is 20.0 Å². The molecule has 0 saturated carbocycles. The Balaban J connectivity index is 2.14. The zero-order valence-corrected chi connectivity index (χ0v) is 11.5. The maximum atomic E-state index is 6.45. The standard InChI is InChI=1S/C14H16ClN3/c1-9-7-10(2)14(16-8-9)18-13(15)11-5-3-4-6-12(11)17-18/h7-8H,3-6H2,1-2H3. The fraction of sp³-hybridized carbons (Fsp3) is 0.429. The maximum Gasteiger partial charge on any atom is 0.157 e. The molecule has 0 amide bonds. The molecule has 94 valence electrons. The summed E-state index contributed by atoms with van der Waals surface area (Å²) in [4.78, 5) is 4.47. The Hall–Kier alpha value is -1.35. The molecule has 3 nitrogen and oxygen atoms in total. The van der Waals surface area contributed by atoms with Gasteiger partial charge in [-0.2, -0.15) is 5.10 Å². The molecule has 0 aliphatic heterocycles. The van der Waals surface area contributed by atoms with Crippen LogP contribution in [0.15, 0.2) is 12.3 Å². The van der Waals surface area contributed by atoms with Gasteiger partial charge in [0.05, 0.1) is 5.69 Å². The lowest BCUT2D eigenvalue weighted by molar-refractivity contribution is 0.670. The Morgan fingerprint density at radius 1 is 1.22 bits per heavy atom. The smallest absolute Gasteiger partial charge is 0.157 e. The van der Waals surface area contributed by atoms with Gasteiger partial charge < -0.3 is 0 Å². The van der Waals surface area contributed by atoms with E-state index in [0.717, 1.165) is 40.6 Å². The summed E-state index contributed by atoms with van der Waals surface area (Å²) >= 11 is 6.45. The Kier molecular flexibility index (Phi) is 2.86. The first-order chi connectivity index (χ1) is 8.66. The number of pyridine rings is 1. The Labute approximate surface area is 112 Å². The van der Waals surface area contributed by atoms with Gasteiger partial charge in [0.15, 0.2) is 5.82 Å². The lowest BCUT2D eigenvalue weighted by Crippen LogP contribution is -2.03. The van der Waals surface area contributed by atoms with Crippen LogP contribution in [-0.4, -0.2) is 14.8 Å². The molecule has 0 radical (unpaired) electrons. The van der Waals surface area contributed by atoms with Gasteiger partial charge in [-0.05, 0) is 50.7 Å². The molecule has 0 N–H and O–H groups in total.